The van der Waals surface area contributed by atoms with E-state index in [1.807, 2.05) is 0 Å². The molecule has 26 heavy (non-hydrogen) atoms. The molecule has 0 fully saturated rings. The summed E-state index contributed by atoms with van der Waals surface area (Å²) in [6.45, 7) is 0.597. The van der Waals surface area contributed by atoms with Crippen LogP contribution in [0.2, 0.25) is 0 Å². The van der Waals surface area contributed by atoms with Crippen molar-refractivity contribution in [2.75, 3.05) is 27.8 Å². The second kappa shape index (κ2) is 6.07. The van der Waals surface area contributed by atoms with E-state index in [0.717, 1.165) is 40.8 Å². The van der Waals surface area contributed by atoms with E-state index in [9.17, 15) is 15.3 Å². The smallest absolute Gasteiger partial charge is 0.168 e. The molecule has 0 aromatic heterocycles. The maximum atomic E-state index is 10.5. The van der Waals surface area contributed by atoms with Crippen molar-refractivity contribution in [1.82, 2.24) is 4.90 Å². The fraction of sp³-hybridized carbons (Fsp3) is 0.400. The number of hydrogen-bond donors (Lipinski definition) is 3. The van der Waals surface area contributed by atoms with E-state index in [1.165, 1.54) is 7.11 Å². The van der Waals surface area contributed by atoms with E-state index < -0.39 is 0 Å². The van der Waals surface area contributed by atoms with Crippen LogP contribution in [-0.4, -0.2) is 48.0 Å². The van der Waals surface area contributed by atoms with Gasteiger partial charge in [0.15, 0.2) is 23.0 Å². The Hall–Kier alpha value is -2.44. The van der Waals surface area contributed by atoms with Crippen LogP contribution in [-0.2, 0) is 19.4 Å². The molecular weight excluding hydrogens is 334 g/mol. The second-order valence-electron chi connectivity index (χ2n) is 6.92. The van der Waals surface area contributed by atoms with E-state index in [1.54, 1.807) is 19.2 Å². The average molecular weight is 357 g/mol. The lowest BCUT2D eigenvalue weighted by atomic mass is 9.75. The molecule has 1 heterocycles. The molecule has 1 atom stereocenters. The molecule has 0 bridgehead atoms. The molecule has 1 aliphatic carbocycles. The predicted octanol–water partition coefficient (Wildman–Crippen LogP) is 2.36. The molecule has 0 spiro atoms. The monoisotopic (exact) mass is 357 g/mol. The van der Waals surface area contributed by atoms with Gasteiger partial charge in [0.05, 0.1) is 20.8 Å². The van der Waals surface area contributed by atoms with Crippen molar-refractivity contribution >= 4 is 0 Å². The quantitative estimate of drug-likeness (QED) is 0.782. The molecule has 0 saturated heterocycles. The molecule has 0 saturated carbocycles. The van der Waals surface area contributed by atoms with Crippen molar-refractivity contribution in [2.45, 2.75) is 25.5 Å². The van der Waals surface area contributed by atoms with Crippen LogP contribution in [0.5, 0.6) is 23.0 Å². The molecule has 1 unspecified atom stereocenters. The Balaban J connectivity index is 2.12. The van der Waals surface area contributed by atoms with Gasteiger partial charge in [-0.3, -0.25) is 4.90 Å². The predicted molar refractivity (Wildman–Crippen MR) is 97.0 cm³/mol. The Morgan fingerprint density at radius 3 is 2.62 bits per heavy atom. The first-order chi connectivity index (χ1) is 12.5. The van der Waals surface area contributed by atoms with Gasteiger partial charge in [0.1, 0.15) is 0 Å². The lowest BCUT2D eigenvalue weighted by Gasteiger charge is -2.41. The van der Waals surface area contributed by atoms with Gasteiger partial charge in [0.2, 0.25) is 0 Å². The number of likely N-dealkylation sites (N-methyl/N-ethyl adjacent to an activating group) is 1. The number of hydrogen-bond acceptors (Lipinski definition) is 6. The fourth-order valence-corrected chi connectivity index (χ4v) is 4.43. The van der Waals surface area contributed by atoms with Crippen LogP contribution in [0.4, 0.5) is 0 Å². The molecule has 6 heteroatoms. The number of phenolic OH excluding ortho intramolecular Hbond substituents is 1. The Bertz CT molecular complexity index is 893. The number of rotatable bonds is 3. The number of aliphatic hydroxyl groups is 1. The summed E-state index contributed by atoms with van der Waals surface area (Å²) in [4.78, 5) is 2.27. The Kier molecular flexibility index (Phi) is 3.97. The van der Waals surface area contributed by atoms with Gasteiger partial charge >= 0.3 is 0 Å². The first-order valence-corrected chi connectivity index (χ1v) is 8.67. The van der Waals surface area contributed by atoms with Crippen molar-refractivity contribution in [3.05, 3.63) is 34.4 Å². The van der Waals surface area contributed by atoms with Crippen LogP contribution in [0.1, 0.15) is 28.3 Å². The molecule has 2 aliphatic rings. The van der Waals surface area contributed by atoms with Crippen LogP contribution >= 0.6 is 0 Å². The largest absolute Gasteiger partial charge is 0.504 e. The third-order valence-electron chi connectivity index (χ3n) is 5.72. The summed E-state index contributed by atoms with van der Waals surface area (Å²) in [6.07, 6.45) is 1.53. The molecule has 138 valence electrons. The van der Waals surface area contributed by atoms with Crippen LogP contribution in [0.15, 0.2) is 12.1 Å². The number of aliphatic hydroxyl groups excluding tert-OH is 1. The number of methoxy groups -OCH3 is 2. The van der Waals surface area contributed by atoms with Crippen molar-refractivity contribution in [1.29, 1.82) is 0 Å². The van der Waals surface area contributed by atoms with E-state index >= 15 is 0 Å². The second-order valence-corrected chi connectivity index (χ2v) is 6.92. The maximum absolute atomic E-state index is 10.5. The number of aromatic hydroxyl groups is 2. The Morgan fingerprint density at radius 1 is 1.19 bits per heavy atom. The number of phenols is 2. The zero-order valence-electron chi connectivity index (χ0n) is 15.2. The summed E-state index contributed by atoms with van der Waals surface area (Å²) in [5.74, 6) is 0.793. The number of nitrogens with zero attached hydrogens (tertiary/aromatic N) is 1. The first-order valence-electron chi connectivity index (χ1n) is 8.67. The molecule has 6 nitrogen and oxygen atoms in total. The highest BCUT2D eigenvalue weighted by Crippen LogP contribution is 2.54. The lowest BCUT2D eigenvalue weighted by Crippen LogP contribution is -2.36. The molecule has 2 aromatic rings. The van der Waals surface area contributed by atoms with Gasteiger partial charge < -0.3 is 24.8 Å². The molecule has 2 aromatic carbocycles. The van der Waals surface area contributed by atoms with E-state index in [2.05, 4.69) is 11.9 Å². The van der Waals surface area contributed by atoms with E-state index in [0.29, 0.717) is 23.5 Å². The molecule has 0 amide bonds. The van der Waals surface area contributed by atoms with Crippen LogP contribution in [0.3, 0.4) is 0 Å². The van der Waals surface area contributed by atoms with Crippen molar-refractivity contribution in [3.63, 3.8) is 0 Å². The van der Waals surface area contributed by atoms with E-state index in [4.69, 9.17) is 9.47 Å². The first kappa shape index (κ1) is 17.0. The van der Waals surface area contributed by atoms with Crippen LogP contribution in [0, 0.1) is 0 Å². The number of ether oxygens (including phenoxy) is 2. The van der Waals surface area contributed by atoms with Gasteiger partial charge in [-0.2, -0.15) is 0 Å². The van der Waals surface area contributed by atoms with Gasteiger partial charge in [-0.25, -0.2) is 0 Å². The summed E-state index contributed by atoms with van der Waals surface area (Å²) in [6, 6.07) is 3.67. The lowest BCUT2D eigenvalue weighted by molar-refractivity contribution is 0.223. The minimum absolute atomic E-state index is 0.0324. The Labute approximate surface area is 152 Å². The minimum atomic E-state index is -0.287. The maximum Gasteiger partial charge on any atom is 0.168 e. The summed E-state index contributed by atoms with van der Waals surface area (Å²) < 4.78 is 10.9. The minimum Gasteiger partial charge on any atom is -0.504 e. The molecule has 1 aliphatic heterocycles. The third-order valence-corrected chi connectivity index (χ3v) is 5.72. The Morgan fingerprint density at radius 2 is 1.96 bits per heavy atom. The number of fused-ring (bicyclic) bond motifs is 2. The van der Waals surface area contributed by atoms with Crippen LogP contribution in [0.25, 0.3) is 11.1 Å². The fourth-order valence-electron chi connectivity index (χ4n) is 4.43. The van der Waals surface area contributed by atoms with Crippen molar-refractivity contribution in [2.24, 2.45) is 0 Å². The van der Waals surface area contributed by atoms with Crippen molar-refractivity contribution < 1.29 is 24.8 Å². The summed E-state index contributed by atoms with van der Waals surface area (Å²) in [7, 11) is 5.10. The third kappa shape index (κ3) is 2.19. The molecule has 0 radical (unpaired) electrons. The zero-order valence-corrected chi connectivity index (χ0v) is 15.2. The molecule has 3 N–H and O–H groups in total. The van der Waals surface area contributed by atoms with Gasteiger partial charge in [-0.05, 0) is 54.3 Å². The van der Waals surface area contributed by atoms with Crippen LogP contribution < -0.4 is 9.47 Å². The van der Waals surface area contributed by atoms with E-state index in [-0.39, 0.29) is 24.1 Å². The topological polar surface area (TPSA) is 82.4 Å². The average Bonchev–Trinajstić information content (AvgIpc) is 2.64. The highest BCUT2D eigenvalue weighted by Gasteiger charge is 2.38. The summed E-state index contributed by atoms with van der Waals surface area (Å²) in [5, 5.41) is 30.9. The zero-order chi connectivity index (χ0) is 18.6. The molecule has 4 rings (SSSR count). The highest BCUT2D eigenvalue weighted by atomic mass is 16.5. The standard InChI is InChI=1S/C20H23NO5/c1-21-5-4-10-6-15(23)20(26-3)18-12-8-16(25-2)19(24)13(9-22)11(12)7-14(21)17(10)18/h6,8,14,22-24H,4-5,7,9H2,1-3H3. The van der Waals surface area contributed by atoms with Gasteiger partial charge in [-0.15, -0.1) is 0 Å². The molecular formula is C20H23NO5. The van der Waals surface area contributed by atoms with Crippen molar-refractivity contribution in [3.8, 4) is 34.1 Å². The van der Waals surface area contributed by atoms with Gasteiger partial charge in [0, 0.05) is 23.7 Å². The highest BCUT2D eigenvalue weighted by molar-refractivity contribution is 5.86. The normalized spacial score (nSPS) is 18.2. The van der Waals surface area contributed by atoms with Gasteiger partial charge in [0.25, 0.3) is 0 Å². The summed E-state index contributed by atoms with van der Waals surface area (Å²) >= 11 is 0. The number of benzene rings is 2. The van der Waals surface area contributed by atoms with Gasteiger partial charge in [-0.1, -0.05) is 0 Å². The SMILES string of the molecule is COc1cc2c(c(CO)c1O)CC1c3c(cc(O)c(OC)c3-2)CCN1C. The summed E-state index contributed by atoms with van der Waals surface area (Å²) in [5.41, 5.74) is 5.26.